The summed E-state index contributed by atoms with van der Waals surface area (Å²) >= 11 is 0. The van der Waals surface area contributed by atoms with Gasteiger partial charge in [0, 0.05) is 32.1 Å². The molecule has 7 nitrogen and oxygen atoms in total. The molecule has 1 aromatic rings. The molecule has 0 saturated carbocycles. The van der Waals surface area contributed by atoms with Crippen LogP contribution in [-0.4, -0.2) is 44.3 Å². The van der Waals surface area contributed by atoms with E-state index in [1.807, 2.05) is 19.9 Å². The van der Waals surface area contributed by atoms with Gasteiger partial charge in [-0.2, -0.15) is 0 Å². The minimum Gasteiger partial charge on any atom is -0.370 e. The molecule has 1 rings (SSSR count). The zero-order valence-electron chi connectivity index (χ0n) is 12.2. The van der Waals surface area contributed by atoms with Crippen molar-refractivity contribution < 1.29 is 8.42 Å². The molecule has 0 radical (unpaired) electrons. The average Bonchev–Trinajstić information content (AvgIpc) is 2.37. The second-order valence-electron chi connectivity index (χ2n) is 4.39. The van der Waals surface area contributed by atoms with E-state index in [4.69, 9.17) is 0 Å². The highest BCUT2D eigenvalue weighted by Gasteiger charge is 2.03. The lowest BCUT2D eigenvalue weighted by molar-refractivity contribution is 0.586. The number of hydrogen-bond donors (Lipinski definition) is 3. The van der Waals surface area contributed by atoms with Crippen LogP contribution in [0, 0.1) is 0 Å². The lowest BCUT2D eigenvalue weighted by atomic mass is 10.4. The molecule has 0 fully saturated rings. The van der Waals surface area contributed by atoms with Crippen LogP contribution in [0.2, 0.25) is 0 Å². The van der Waals surface area contributed by atoms with Crippen molar-refractivity contribution in [3.63, 3.8) is 0 Å². The van der Waals surface area contributed by atoms with Gasteiger partial charge in [-0.1, -0.05) is 6.92 Å². The number of anilines is 2. The summed E-state index contributed by atoms with van der Waals surface area (Å²) in [5.41, 5.74) is 0. The highest BCUT2D eigenvalue weighted by molar-refractivity contribution is 7.88. The first kappa shape index (κ1) is 16.6. The quantitative estimate of drug-likeness (QED) is 0.585. The third-order valence-electron chi connectivity index (χ3n) is 2.47. The normalized spacial score (nSPS) is 11.3. The topological polar surface area (TPSA) is 96.0 Å². The maximum absolute atomic E-state index is 10.9. The van der Waals surface area contributed by atoms with Crippen LogP contribution in [0.25, 0.3) is 0 Å². The van der Waals surface area contributed by atoms with Gasteiger partial charge in [0.1, 0.15) is 17.5 Å². The molecule has 0 aliphatic carbocycles. The van der Waals surface area contributed by atoms with E-state index in [-0.39, 0.29) is 0 Å². The lowest BCUT2D eigenvalue weighted by Gasteiger charge is -2.10. The Labute approximate surface area is 120 Å². The summed E-state index contributed by atoms with van der Waals surface area (Å²) in [6.45, 7) is 5.88. The van der Waals surface area contributed by atoms with E-state index >= 15 is 0 Å². The molecule has 1 heterocycles. The van der Waals surface area contributed by atoms with Crippen molar-refractivity contribution in [3.05, 3.63) is 11.9 Å². The maximum atomic E-state index is 10.9. The standard InChI is InChI=1S/C12H23N5O2S/c1-4-10-16-11(13-5-2)9-12(17-10)14-7-6-8-15-20(3,18)19/h9,15H,4-8H2,1-3H3,(H2,13,14,16,17). The van der Waals surface area contributed by atoms with E-state index in [0.29, 0.717) is 19.5 Å². The predicted molar refractivity (Wildman–Crippen MR) is 81.5 cm³/mol. The average molecular weight is 301 g/mol. The fourth-order valence-corrected chi connectivity index (χ4v) is 2.10. The third-order valence-corrected chi connectivity index (χ3v) is 3.20. The maximum Gasteiger partial charge on any atom is 0.208 e. The van der Waals surface area contributed by atoms with E-state index in [1.165, 1.54) is 0 Å². The summed E-state index contributed by atoms with van der Waals surface area (Å²) < 4.78 is 24.3. The Balaban J connectivity index is 2.48. The molecule has 0 unspecified atom stereocenters. The summed E-state index contributed by atoms with van der Waals surface area (Å²) in [5.74, 6) is 2.34. The summed E-state index contributed by atoms with van der Waals surface area (Å²) in [6, 6.07) is 1.85. The molecule has 3 N–H and O–H groups in total. The lowest BCUT2D eigenvalue weighted by Crippen LogP contribution is -2.24. The van der Waals surface area contributed by atoms with Crippen molar-refractivity contribution in [2.75, 3.05) is 36.5 Å². The molecule has 0 bridgehead atoms. The van der Waals surface area contributed by atoms with E-state index in [1.54, 1.807) is 0 Å². The van der Waals surface area contributed by atoms with E-state index in [9.17, 15) is 8.42 Å². The van der Waals surface area contributed by atoms with Crippen LogP contribution in [0.15, 0.2) is 6.07 Å². The molecule has 1 aromatic heterocycles. The Morgan fingerprint density at radius 1 is 1.10 bits per heavy atom. The van der Waals surface area contributed by atoms with Crippen molar-refractivity contribution in [2.24, 2.45) is 0 Å². The van der Waals surface area contributed by atoms with Crippen LogP contribution < -0.4 is 15.4 Å². The van der Waals surface area contributed by atoms with Gasteiger partial charge in [0.05, 0.1) is 6.26 Å². The van der Waals surface area contributed by atoms with Gasteiger partial charge in [0.2, 0.25) is 10.0 Å². The van der Waals surface area contributed by atoms with Gasteiger partial charge in [-0.15, -0.1) is 0 Å². The largest absolute Gasteiger partial charge is 0.370 e. The SMILES string of the molecule is CCNc1cc(NCCCNS(C)(=O)=O)nc(CC)n1. The number of sulfonamides is 1. The Bertz CT molecular complexity index is 519. The van der Waals surface area contributed by atoms with Crippen LogP contribution in [0.4, 0.5) is 11.6 Å². The van der Waals surface area contributed by atoms with Gasteiger partial charge in [-0.05, 0) is 13.3 Å². The van der Waals surface area contributed by atoms with Gasteiger partial charge >= 0.3 is 0 Å². The van der Waals surface area contributed by atoms with Gasteiger partial charge in [0.25, 0.3) is 0 Å². The number of nitrogens with zero attached hydrogens (tertiary/aromatic N) is 2. The first-order valence-electron chi connectivity index (χ1n) is 6.75. The molecule has 20 heavy (non-hydrogen) atoms. The molecular weight excluding hydrogens is 278 g/mol. The smallest absolute Gasteiger partial charge is 0.208 e. The Morgan fingerprint density at radius 2 is 1.75 bits per heavy atom. The molecule has 0 amide bonds. The van der Waals surface area contributed by atoms with E-state index < -0.39 is 10.0 Å². The Kier molecular flexibility index (Phi) is 6.66. The summed E-state index contributed by atoms with van der Waals surface area (Å²) in [7, 11) is -3.11. The van der Waals surface area contributed by atoms with Gasteiger partial charge < -0.3 is 10.6 Å². The summed E-state index contributed by atoms with van der Waals surface area (Å²) in [5, 5.41) is 6.34. The van der Waals surface area contributed by atoms with Crippen LogP contribution in [0.5, 0.6) is 0 Å². The minimum atomic E-state index is -3.11. The number of aryl methyl sites for hydroxylation is 1. The molecule has 0 saturated heterocycles. The number of hydrogen-bond acceptors (Lipinski definition) is 6. The first-order valence-corrected chi connectivity index (χ1v) is 8.64. The Morgan fingerprint density at radius 3 is 2.30 bits per heavy atom. The molecule has 0 spiro atoms. The van der Waals surface area contributed by atoms with Crippen molar-refractivity contribution in [1.82, 2.24) is 14.7 Å². The second kappa shape index (κ2) is 8.01. The van der Waals surface area contributed by atoms with Gasteiger partial charge in [-0.3, -0.25) is 0 Å². The summed E-state index contributed by atoms with van der Waals surface area (Å²) in [4.78, 5) is 8.74. The van der Waals surface area contributed by atoms with Crippen LogP contribution in [-0.2, 0) is 16.4 Å². The van der Waals surface area contributed by atoms with E-state index in [2.05, 4.69) is 25.3 Å². The molecule has 0 aromatic carbocycles. The molecule has 0 aliphatic rings. The fraction of sp³-hybridized carbons (Fsp3) is 0.667. The van der Waals surface area contributed by atoms with Crippen molar-refractivity contribution in [2.45, 2.75) is 26.7 Å². The number of nitrogens with one attached hydrogen (secondary N) is 3. The minimum absolute atomic E-state index is 0.414. The first-order chi connectivity index (χ1) is 9.44. The highest BCUT2D eigenvalue weighted by Crippen LogP contribution is 2.11. The monoisotopic (exact) mass is 301 g/mol. The fourth-order valence-electron chi connectivity index (χ4n) is 1.58. The summed E-state index contributed by atoms with van der Waals surface area (Å²) in [6.07, 6.45) is 2.61. The van der Waals surface area contributed by atoms with Crippen molar-refractivity contribution >= 4 is 21.7 Å². The zero-order chi connectivity index (χ0) is 15.0. The molecular formula is C12H23N5O2S. The third kappa shape index (κ3) is 6.67. The van der Waals surface area contributed by atoms with Crippen molar-refractivity contribution in [3.8, 4) is 0 Å². The molecule has 0 aliphatic heterocycles. The second-order valence-corrected chi connectivity index (χ2v) is 6.22. The van der Waals surface area contributed by atoms with Crippen molar-refractivity contribution in [1.29, 1.82) is 0 Å². The molecule has 0 atom stereocenters. The van der Waals surface area contributed by atoms with Crippen LogP contribution in [0.1, 0.15) is 26.1 Å². The van der Waals surface area contributed by atoms with Gasteiger partial charge in [0.15, 0.2) is 0 Å². The predicted octanol–water partition coefficient (Wildman–Crippen LogP) is 0.822. The van der Waals surface area contributed by atoms with E-state index in [0.717, 1.165) is 36.7 Å². The molecule has 114 valence electrons. The number of aromatic nitrogens is 2. The zero-order valence-corrected chi connectivity index (χ0v) is 13.0. The van der Waals surface area contributed by atoms with Crippen LogP contribution >= 0.6 is 0 Å². The van der Waals surface area contributed by atoms with Crippen LogP contribution in [0.3, 0.4) is 0 Å². The number of rotatable bonds is 9. The molecule has 8 heteroatoms. The Hall–Kier alpha value is -1.41. The van der Waals surface area contributed by atoms with Gasteiger partial charge in [-0.25, -0.2) is 23.1 Å². The highest BCUT2D eigenvalue weighted by atomic mass is 32.2.